The molecule has 1 atom stereocenters. The average molecular weight is 170 g/mol. The number of hydrogen-bond acceptors (Lipinski definition) is 3. The van der Waals surface area contributed by atoms with Crippen LogP contribution in [0, 0.1) is 0 Å². The van der Waals surface area contributed by atoms with Gasteiger partial charge in [-0.05, 0) is 6.42 Å². The Morgan fingerprint density at radius 2 is 2.17 bits per heavy atom. The third kappa shape index (κ3) is 2.64. The number of rotatable bonds is 4. The van der Waals surface area contributed by atoms with Crippen molar-refractivity contribution in [3.05, 3.63) is 12.2 Å². The highest BCUT2D eigenvalue weighted by atomic mass is 16.4. The second-order valence-electron chi connectivity index (χ2n) is 2.96. The fraction of sp³-hybridized carbons (Fsp3) is 0.625. The zero-order valence-corrected chi connectivity index (χ0v) is 6.94. The summed E-state index contributed by atoms with van der Waals surface area (Å²) in [5.41, 5.74) is 5.35. The molecule has 0 fully saturated rings. The molecule has 1 aliphatic heterocycles. The van der Waals surface area contributed by atoms with Crippen LogP contribution >= 0.6 is 0 Å². The van der Waals surface area contributed by atoms with Crippen LogP contribution in [0.1, 0.15) is 6.42 Å². The first-order chi connectivity index (χ1) is 5.70. The van der Waals surface area contributed by atoms with Gasteiger partial charge in [-0.15, -0.1) is 0 Å². The summed E-state index contributed by atoms with van der Waals surface area (Å²) >= 11 is 0. The largest absolute Gasteiger partial charge is 0.480 e. The summed E-state index contributed by atoms with van der Waals surface area (Å²) in [5.74, 6) is -0.915. The maximum absolute atomic E-state index is 10.3. The fourth-order valence-electron chi connectivity index (χ4n) is 1.15. The molecule has 0 aromatic carbocycles. The Kier molecular flexibility index (Phi) is 3.25. The Hall–Kier alpha value is -0.870. The number of carboxylic acids is 1. The summed E-state index contributed by atoms with van der Waals surface area (Å²) in [6.45, 7) is 2.61. The third-order valence-electron chi connectivity index (χ3n) is 1.97. The molecule has 1 unspecified atom stereocenters. The molecule has 0 radical (unpaired) electrons. The van der Waals surface area contributed by atoms with Crippen LogP contribution in [0.5, 0.6) is 0 Å². The standard InChI is InChI=1S/C8H14N2O2/c9-7(8(11)12)3-6-10-4-1-2-5-10/h1-2,7H,3-6,9H2,(H,11,12). The quantitative estimate of drug-likeness (QED) is 0.566. The number of aliphatic carboxylic acids is 1. The van der Waals surface area contributed by atoms with Crippen LogP contribution < -0.4 is 5.73 Å². The van der Waals surface area contributed by atoms with Gasteiger partial charge in [-0.3, -0.25) is 9.69 Å². The number of hydrogen-bond donors (Lipinski definition) is 2. The minimum atomic E-state index is -0.915. The molecule has 0 aliphatic carbocycles. The van der Waals surface area contributed by atoms with E-state index in [0.717, 1.165) is 19.6 Å². The Bertz CT molecular complexity index is 183. The van der Waals surface area contributed by atoms with E-state index in [0.29, 0.717) is 6.42 Å². The van der Waals surface area contributed by atoms with Gasteiger partial charge in [0, 0.05) is 19.6 Å². The first kappa shape index (κ1) is 9.22. The van der Waals surface area contributed by atoms with Crippen LogP contribution in [0.15, 0.2) is 12.2 Å². The lowest BCUT2D eigenvalue weighted by molar-refractivity contribution is -0.138. The number of nitrogens with two attached hydrogens (primary N) is 1. The first-order valence-corrected chi connectivity index (χ1v) is 4.06. The molecule has 0 spiro atoms. The molecule has 1 heterocycles. The fourth-order valence-corrected chi connectivity index (χ4v) is 1.15. The minimum Gasteiger partial charge on any atom is -0.480 e. The van der Waals surface area contributed by atoms with Gasteiger partial charge in [0.1, 0.15) is 6.04 Å². The van der Waals surface area contributed by atoms with Gasteiger partial charge in [0.05, 0.1) is 0 Å². The topological polar surface area (TPSA) is 66.6 Å². The summed E-state index contributed by atoms with van der Waals surface area (Å²) in [5, 5.41) is 8.50. The van der Waals surface area contributed by atoms with Crippen molar-refractivity contribution in [1.82, 2.24) is 4.90 Å². The van der Waals surface area contributed by atoms with Gasteiger partial charge in [-0.2, -0.15) is 0 Å². The van der Waals surface area contributed by atoms with Gasteiger partial charge in [0.15, 0.2) is 0 Å². The van der Waals surface area contributed by atoms with Crippen molar-refractivity contribution in [2.45, 2.75) is 12.5 Å². The van der Waals surface area contributed by atoms with Gasteiger partial charge >= 0.3 is 5.97 Å². The summed E-state index contributed by atoms with van der Waals surface area (Å²) in [6, 6.07) is -0.717. The van der Waals surface area contributed by atoms with Gasteiger partial charge in [0.2, 0.25) is 0 Å². The van der Waals surface area contributed by atoms with E-state index in [4.69, 9.17) is 10.8 Å². The second-order valence-corrected chi connectivity index (χ2v) is 2.96. The van der Waals surface area contributed by atoms with E-state index in [-0.39, 0.29) is 0 Å². The molecule has 1 rings (SSSR count). The van der Waals surface area contributed by atoms with Gasteiger partial charge < -0.3 is 10.8 Å². The Balaban J connectivity index is 2.12. The van der Waals surface area contributed by atoms with E-state index in [1.54, 1.807) is 0 Å². The van der Waals surface area contributed by atoms with E-state index in [1.165, 1.54) is 0 Å². The number of carbonyl (C=O) groups is 1. The zero-order valence-electron chi connectivity index (χ0n) is 6.94. The molecular weight excluding hydrogens is 156 g/mol. The predicted molar refractivity (Wildman–Crippen MR) is 45.8 cm³/mol. The van der Waals surface area contributed by atoms with Crippen LogP contribution in [0.2, 0.25) is 0 Å². The average Bonchev–Trinajstić information content (AvgIpc) is 2.51. The molecule has 4 nitrogen and oxygen atoms in total. The normalized spacial score (nSPS) is 19.8. The smallest absolute Gasteiger partial charge is 0.320 e. The van der Waals surface area contributed by atoms with Gasteiger partial charge in [0.25, 0.3) is 0 Å². The molecule has 3 N–H and O–H groups in total. The monoisotopic (exact) mass is 170 g/mol. The lowest BCUT2D eigenvalue weighted by Crippen LogP contribution is -2.34. The van der Waals surface area contributed by atoms with E-state index in [2.05, 4.69) is 17.1 Å². The van der Waals surface area contributed by atoms with E-state index >= 15 is 0 Å². The molecule has 12 heavy (non-hydrogen) atoms. The molecule has 68 valence electrons. The summed E-state index contributed by atoms with van der Waals surface area (Å²) < 4.78 is 0. The highest BCUT2D eigenvalue weighted by Gasteiger charge is 2.13. The van der Waals surface area contributed by atoms with E-state index in [1.807, 2.05) is 0 Å². The molecule has 0 saturated carbocycles. The molecule has 4 heteroatoms. The highest BCUT2D eigenvalue weighted by Crippen LogP contribution is 2.00. The summed E-state index contributed by atoms with van der Waals surface area (Å²) in [6.07, 6.45) is 4.68. The zero-order chi connectivity index (χ0) is 8.97. The van der Waals surface area contributed by atoms with E-state index in [9.17, 15) is 4.79 Å². The van der Waals surface area contributed by atoms with Gasteiger partial charge in [-0.1, -0.05) is 12.2 Å². The SMILES string of the molecule is NC(CCN1CC=CC1)C(=O)O. The van der Waals surface area contributed by atoms with Crippen molar-refractivity contribution in [3.8, 4) is 0 Å². The Labute approximate surface area is 71.7 Å². The Morgan fingerprint density at radius 1 is 1.58 bits per heavy atom. The van der Waals surface area contributed by atoms with Crippen LogP contribution in [-0.4, -0.2) is 41.7 Å². The summed E-state index contributed by atoms with van der Waals surface area (Å²) in [4.78, 5) is 12.5. The maximum atomic E-state index is 10.3. The predicted octanol–water partition coefficient (Wildman–Crippen LogP) is -0.340. The number of carboxylic acid groups (broad SMARTS) is 1. The maximum Gasteiger partial charge on any atom is 0.320 e. The molecule has 0 saturated heterocycles. The van der Waals surface area contributed by atoms with Gasteiger partial charge in [-0.25, -0.2) is 0 Å². The van der Waals surface area contributed by atoms with Crippen molar-refractivity contribution in [1.29, 1.82) is 0 Å². The molecule has 0 bridgehead atoms. The van der Waals surface area contributed by atoms with Crippen molar-refractivity contribution in [3.63, 3.8) is 0 Å². The summed E-state index contributed by atoms with van der Waals surface area (Å²) in [7, 11) is 0. The molecule has 0 amide bonds. The lowest BCUT2D eigenvalue weighted by atomic mass is 10.2. The van der Waals surface area contributed by atoms with Crippen molar-refractivity contribution >= 4 is 5.97 Å². The number of nitrogens with zero attached hydrogens (tertiary/aromatic N) is 1. The molecule has 1 aliphatic rings. The van der Waals surface area contributed by atoms with Crippen molar-refractivity contribution < 1.29 is 9.90 Å². The minimum absolute atomic E-state index is 0.525. The molecule has 0 aromatic rings. The molecule has 0 aromatic heterocycles. The van der Waals surface area contributed by atoms with E-state index < -0.39 is 12.0 Å². The highest BCUT2D eigenvalue weighted by molar-refractivity contribution is 5.72. The second kappa shape index (κ2) is 4.23. The third-order valence-corrected chi connectivity index (χ3v) is 1.97. The van der Waals surface area contributed by atoms with Crippen LogP contribution in [-0.2, 0) is 4.79 Å². The van der Waals surface area contributed by atoms with Crippen LogP contribution in [0.4, 0.5) is 0 Å². The molecular formula is C8H14N2O2. The van der Waals surface area contributed by atoms with Crippen molar-refractivity contribution in [2.75, 3.05) is 19.6 Å². The van der Waals surface area contributed by atoms with Crippen LogP contribution in [0.25, 0.3) is 0 Å². The van der Waals surface area contributed by atoms with Crippen LogP contribution in [0.3, 0.4) is 0 Å². The first-order valence-electron chi connectivity index (χ1n) is 4.06. The van der Waals surface area contributed by atoms with Crippen molar-refractivity contribution in [2.24, 2.45) is 5.73 Å². The Morgan fingerprint density at radius 3 is 2.67 bits per heavy atom. The lowest BCUT2D eigenvalue weighted by Gasteiger charge is -2.15.